The van der Waals surface area contributed by atoms with Crippen molar-refractivity contribution in [3.8, 4) is 5.82 Å². The molecule has 0 spiro atoms. The molecule has 2 atom stereocenters. The number of nitrogens with one attached hydrogen (secondary N) is 1. The van der Waals surface area contributed by atoms with Gasteiger partial charge in [-0.05, 0) is 50.2 Å². The molecule has 182 valence electrons. The first kappa shape index (κ1) is 25.2. The summed E-state index contributed by atoms with van der Waals surface area (Å²) >= 11 is 0. The summed E-state index contributed by atoms with van der Waals surface area (Å²) in [5.74, 6) is 1.14. The van der Waals surface area contributed by atoms with E-state index in [0.29, 0.717) is 29.6 Å². The van der Waals surface area contributed by atoms with E-state index in [9.17, 15) is 18.0 Å². The molecule has 0 radical (unpaired) electrons. The highest BCUT2D eigenvalue weighted by Gasteiger charge is 2.34. The van der Waals surface area contributed by atoms with Crippen molar-refractivity contribution in [2.24, 2.45) is 11.8 Å². The van der Waals surface area contributed by atoms with E-state index in [2.05, 4.69) is 48.0 Å². The van der Waals surface area contributed by atoms with Crippen LogP contribution in [0.15, 0.2) is 24.5 Å². The van der Waals surface area contributed by atoms with Crippen LogP contribution in [-0.2, 0) is 6.18 Å². The number of nitrogens with zero attached hydrogens (tertiary/aromatic N) is 4. The number of carbonyl (C=O) groups excluding carboxylic acids is 1. The first-order valence-corrected chi connectivity index (χ1v) is 11.4. The molecule has 0 aromatic carbocycles. The van der Waals surface area contributed by atoms with Gasteiger partial charge in [-0.2, -0.15) is 18.3 Å². The van der Waals surface area contributed by atoms with Crippen molar-refractivity contribution in [1.82, 2.24) is 25.0 Å². The Labute approximate surface area is 193 Å². The number of alkyl halides is 3. The minimum atomic E-state index is -4.46. The fourth-order valence-electron chi connectivity index (χ4n) is 4.61. The van der Waals surface area contributed by atoms with E-state index in [0.717, 1.165) is 25.4 Å². The molecule has 1 aliphatic rings. The second-order valence-electron chi connectivity index (χ2n) is 10.3. The van der Waals surface area contributed by atoms with Crippen LogP contribution in [0.4, 0.5) is 13.2 Å². The highest BCUT2D eigenvalue weighted by Crippen LogP contribution is 2.30. The predicted octanol–water partition coefficient (Wildman–Crippen LogP) is 4.90. The van der Waals surface area contributed by atoms with E-state index in [1.54, 1.807) is 0 Å². The molecular weight excluding hydrogens is 431 g/mol. The van der Waals surface area contributed by atoms with Crippen LogP contribution in [0, 0.1) is 11.8 Å². The lowest BCUT2D eigenvalue weighted by Crippen LogP contribution is -2.56. The van der Waals surface area contributed by atoms with Gasteiger partial charge in [-0.25, -0.2) is 9.67 Å². The molecule has 9 heteroatoms. The smallest absolute Gasteiger partial charge is 0.350 e. The number of likely N-dealkylation sites (tertiary alicyclic amines) is 1. The van der Waals surface area contributed by atoms with Gasteiger partial charge >= 0.3 is 6.18 Å². The van der Waals surface area contributed by atoms with Crippen LogP contribution in [0.25, 0.3) is 5.82 Å². The Morgan fingerprint density at radius 3 is 2.30 bits per heavy atom. The Balaban J connectivity index is 1.78. The third-order valence-corrected chi connectivity index (χ3v) is 6.30. The molecule has 6 nitrogen and oxygen atoms in total. The first-order valence-electron chi connectivity index (χ1n) is 11.4. The number of carbonyl (C=O) groups is 1. The number of piperidine rings is 1. The lowest BCUT2D eigenvalue weighted by Gasteiger charge is -2.45. The number of rotatable bonds is 6. The van der Waals surface area contributed by atoms with E-state index < -0.39 is 11.7 Å². The zero-order valence-electron chi connectivity index (χ0n) is 20.2. The van der Waals surface area contributed by atoms with Crippen LogP contribution in [-0.4, -0.2) is 50.7 Å². The van der Waals surface area contributed by atoms with Crippen LogP contribution in [0.2, 0.25) is 0 Å². The van der Waals surface area contributed by atoms with Crippen molar-refractivity contribution in [2.45, 2.75) is 65.6 Å². The maximum atomic E-state index is 13.1. The van der Waals surface area contributed by atoms with Crippen LogP contribution in [0.3, 0.4) is 0 Å². The summed E-state index contributed by atoms with van der Waals surface area (Å²) in [4.78, 5) is 19.5. The zero-order chi connectivity index (χ0) is 24.6. The SMILES string of the molecule is CC(C)c1c(C(=O)NCC(C)(C)N2C[C@@H](C)C[C@H](C)C2)cnn1-c1ccc(C(F)(F)F)cn1. The molecule has 33 heavy (non-hydrogen) atoms. The molecule has 1 fully saturated rings. The second-order valence-corrected chi connectivity index (χ2v) is 10.3. The summed E-state index contributed by atoms with van der Waals surface area (Å²) in [5.41, 5.74) is -0.0200. The monoisotopic (exact) mass is 465 g/mol. The average molecular weight is 466 g/mol. The summed E-state index contributed by atoms with van der Waals surface area (Å²) < 4.78 is 40.1. The summed E-state index contributed by atoms with van der Waals surface area (Å²) in [6.45, 7) is 15.1. The maximum absolute atomic E-state index is 13.1. The van der Waals surface area contributed by atoms with Crippen LogP contribution >= 0.6 is 0 Å². The molecule has 2 aromatic rings. The Kier molecular flexibility index (Phi) is 7.21. The van der Waals surface area contributed by atoms with Crippen LogP contribution < -0.4 is 5.32 Å². The fourth-order valence-corrected chi connectivity index (χ4v) is 4.61. The van der Waals surface area contributed by atoms with Crippen molar-refractivity contribution < 1.29 is 18.0 Å². The molecule has 2 aromatic heterocycles. The molecule has 1 N–H and O–H groups in total. The standard InChI is InChI=1S/C24H34F3N5O/c1-15(2)21-19(11-30-32(21)20-8-7-18(10-28-20)24(25,26)27)22(33)29-14-23(5,6)31-12-16(3)9-17(4)13-31/h7-8,10-11,15-17H,9,12-14H2,1-6H3,(H,29,33)/t16-,17-/m0/s1. The number of hydrogen-bond acceptors (Lipinski definition) is 4. The van der Waals surface area contributed by atoms with Gasteiger partial charge in [0.15, 0.2) is 5.82 Å². The summed E-state index contributed by atoms with van der Waals surface area (Å²) in [6, 6.07) is 2.24. The lowest BCUT2D eigenvalue weighted by atomic mass is 9.88. The van der Waals surface area contributed by atoms with E-state index in [1.165, 1.54) is 23.4 Å². The van der Waals surface area contributed by atoms with Crippen molar-refractivity contribution >= 4 is 5.91 Å². The molecular formula is C24H34F3N5O. The second kappa shape index (κ2) is 9.44. The van der Waals surface area contributed by atoms with Gasteiger partial charge in [-0.3, -0.25) is 9.69 Å². The summed E-state index contributed by atoms with van der Waals surface area (Å²) in [5, 5.41) is 7.33. The third-order valence-electron chi connectivity index (χ3n) is 6.30. The Hall–Kier alpha value is -2.42. The number of hydrogen-bond donors (Lipinski definition) is 1. The minimum absolute atomic E-state index is 0.0888. The molecule has 0 aliphatic carbocycles. The van der Waals surface area contributed by atoms with Gasteiger partial charge in [0, 0.05) is 31.4 Å². The van der Waals surface area contributed by atoms with Gasteiger partial charge in [-0.15, -0.1) is 0 Å². The number of halogens is 3. The average Bonchev–Trinajstić information content (AvgIpc) is 3.16. The molecule has 3 rings (SSSR count). The van der Waals surface area contributed by atoms with E-state index in [4.69, 9.17) is 0 Å². The predicted molar refractivity (Wildman–Crippen MR) is 121 cm³/mol. The number of aromatic nitrogens is 3. The first-order chi connectivity index (χ1) is 15.3. The van der Waals surface area contributed by atoms with Crippen LogP contribution in [0.1, 0.15) is 75.5 Å². The van der Waals surface area contributed by atoms with Gasteiger partial charge in [0.2, 0.25) is 0 Å². The van der Waals surface area contributed by atoms with E-state index >= 15 is 0 Å². The van der Waals surface area contributed by atoms with Crippen LogP contribution in [0.5, 0.6) is 0 Å². The van der Waals surface area contributed by atoms with Crippen molar-refractivity contribution in [1.29, 1.82) is 0 Å². The van der Waals surface area contributed by atoms with Crippen molar-refractivity contribution in [3.63, 3.8) is 0 Å². The topological polar surface area (TPSA) is 63.1 Å². The Morgan fingerprint density at radius 1 is 1.15 bits per heavy atom. The highest BCUT2D eigenvalue weighted by atomic mass is 19.4. The van der Waals surface area contributed by atoms with Gasteiger partial charge < -0.3 is 5.32 Å². The van der Waals surface area contributed by atoms with Crippen molar-refractivity contribution in [3.05, 3.63) is 41.3 Å². The fraction of sp³-hybridized carbons (Fsp3) is 0.625. The molecule has 0 saturated carbocycles. The molecule has 3 heterocycles. The Morgan fingerprint density at radius 2 is 1.79 bits per heavy atom. The van der Waals surface area contributed by atoms with Crippen molar-refractivity contribution in [2.75, 3.05) is 19.6 Å². The largest absolute Gasteiger partial charge is 0.417 e. The molecule has 1 aliphatic heterocycles. The molecule has 1 saturated heterocycles. The third kappa shape index (κ3) is 5.75. The zero-order valence-corrected chi connectivity index (χ0v) is 20.2. The number of amides is 1. The molecule has 0 bridgehead atoms. The quantitative estimate of drug-likeness (QED) is 0.660. The number of pyridine rings is 1. The van der Waals surface area contributed by atoms with Gasteiger partial charge in [0.1, 0.15) is 0 Å². The summed E-state index contributed by atoms with van der Waals surface area (Å²) in [6.07, 6.45) is -1.00. The van der Waals surface area contributed by atoms with Gasteiger partial charge in [0.05, 0.1) is 23.0 Å². The normalized spacial score (nSPS) is 20.3. The van der Waals surface area contributed by atoms with E-state index in [-0.39, 0.29) is 23.2 Å². The molecule has 0 unspecified atom stereocenters. The lowest BCUT2D eigenvalue weighted by molar-refractivity contribution is -0.137. The summed E-state index contributed by atoms with van der Waals surface area (Å²) in [7, 11) is 0. The maximum Gasteiger partial charge on any atom is 0.417 e. The van der Waals surface area contributed by atoms with Gasteiger partial charge in [-0.1, -0.05) is 27.7 Å². The molecule has 1 amide bonds. The van der Waals surface area contributed by atoms with Gasteiger partial charge in [0.25, 0.3) is 5.91 Å². The van der Waals surface area contributed by atoms with E-state index in [1.807, 2.05) is 13.8 Å². The Bertz CT molecular complexity index is 955. The minimum Gasteiger partial charge on any atom is -0.350 e. The highest BCUT2D eigenvalue weighted by molar-refractivity contribution is 5.95.